The van der Waals surface area contributed by atoms with E-state index in [2.05, 4.69) is 21.5 Å². The Morgan fingerprint density at radius 3 is 2.66 bits per heavy atom. The Morgan fingerprint density at radius 2 is 1.97 bits per heavy atom. The van der Waals surface area contributed by atoms with Gasteiger partial charge in [0.15, 0.2) is 0 Å². The van der Waals surface area contributed by atoms with Crippen LogP contribution in [0.15, 0.2) is 24.5 Å². The van der Waals surface area contributed by atoms with Crippen LogP contribution < -0.4 is 5.32 Å². The maximum absolute atomic E-state index is 12.7. The van der Waals surface area contributed by atoms with Crippen molar-refractivity contribution in [2.75, 3.05) is 26.0 Å². The van der Waals surface area contributed by atoms with Gasteiger partial charge in [-0.25, -0.2) is 9.67 Å². The lowest BCUT2D eigenvalue weighted by Gasteiger charge is -2.24. The predicted octanol–water partition coefficient (Wildman–Crippen LogP) is 1.29. The van der Waals surface area contributed by atoms with Crippen LogP contribution in [0.1, 0.15) is 35.6 Å². The molecule has 2 heterocycles. The normalized spacial score (nSPS) is 16.0. The maximum Gasteiger partial charge on any atom is 0.316 e. The van der Waals surface area contributed by atoms with Crippen molar-refractivity contribution in [1.29, 1.82) is 0 Å². The largest absolute Gasteiger partial charge is 0.347 e. The summed E-state index contributed by atoms with van der Waals surface area (Å²) in [6, 6.07) is 6.02. The van der Waals surface area contributed by atoms with Crippen LogP contribution in [0.5, 0.6) is 0 Å². The van der Waals surface area contributed by atoms with Crippen LogP contribution >= 0.6 is 0 Å². The molecule has 154 valence electrons. The van der Waals surface area contributed by atoms with Gasteiger partial charge in [0, 0.05) is 20.6 Å². The molecule has 0 spiro atoms. The highest BCUT2D eigenvalue weighted by molar-refractivity contribution is 6.39. The van der Waals surface area contributed by atoms with Crippen molar-refractivity contribution in [3.8, 4) is 0 Å². The minimum atomic E-state index is -0.780. The summed E-state index contributed by atoms with van der Waals surface area (Å²) in [7, 11) is 3.28. The summed E-state index contributed by atoms with van der Waals surface area (Å²) in [6.45, 7) is 4.62. The van der Waals surface area contributed by atoms with E-state index >= 15 is 0 Å². The van der Waals surface area contributed by atoms with Crippen LogP contribution in [-0.4, -0.2) is 62.9 Å². The number of anilines is 1. The SMILES string of the molecule is Cc1ccc([C@@H]2CCCN2C(=O)C(=O)Nc2ncn(CC(=O)N(C)C)n2)cc1C. The van der Waals surface area contributed by atoms with E-state index in [0.29, 0.717) is 6.54 Å². The first-order valence-electron chi connectivity index (χ1n) is 9.55. The molecule has 1 N–H and O–H groups in total. The molecule has 3 rings (SSSR count). The Morgan fingerprint density at radius 1 is 1.21 bits per heavy atom. The number of aromatic nitrogens is 3. The average molecular weight is 398 g/mol. The van der Waals surface area contributed by atoms with Gasteiger partial charge in [0.2, 0.25) is 11.9 Å². The third-order valence-corrected chi connectivity index (χ3v) is 5.18. The lowest BCUT2D eigenvalue weighted by atomic mass is 9.99. The molecule has 0 radical (unpaired) electrons. The molecule has 2 aromatic rings. The second kappa shape index (κ2) is 8.42. The molecule has 1 aliphatic heterocycles. The fraction of sp³-hybridized carbons (Fsp3) is 0.450. The first-order chi connectivity index (χ1) is 13.8. The summed E-state index contributed by atoms with van der Waals surface area (Å²) in [5.74, 6) is -1.54. The Hall–Kier alpha value is -3.23. The third-order valence-electron chi connectivity index (χ3n) is 5.18. The third kappa shape index (κ3) is 4.61. The van der Waals surface area contributed by atoms with Gasteiger partial charge in [0.05, 0.1) is 6.04 Å². The van der Waals surface area contributed by atoms with E-state index in [9.17, 15) is 14.4 Å². The van der Waals surface area contributed by atoms with Gasteiger partial charge in [-0.15, -0.1) is 5.10 Å². The molecule has 1 atom stereocenters. The second-order valence-electron chi connectivity index (χ2n) is 7.51. The average Bonchev–Trinajstić information content (AvgIpc) is 3.32. The molecule has 3 amide bonds. The van der Waals surface area contributed by atoms with E-state index in [4.69, 9.17) is 0 Å². The van der Waals surface area contributed by atoms with E-state index in [0.717, 1.165) is 24.0 Å². The fourth-order valence-corrected chi connectivity index (χ4v) is 3.32. The summed E-state index contributed by atoms with van der Waals surface area (Å²) in [6.07, 6.45) is 3.01. The van der Waals surface area contributed by atoms with Crippen molar-refractivity contribution in [2.45, 2.75) is 39.3 Å². The number of aryl methyl sites for hydroxylation is 2. The second-order valence-corrected chi connectivity index (χ2v) is 7.51. The molecule has 1 fully saturated rings. The molecule has 1 aromatic carbocycles. The van der Waals surface area contributed by atoms with Crippen LogP contribution in [0.2, 0.25) is 0 Å². The Kier molecular flexibility index (Phi) is 5.95. The van der Waals surface area contributed by atoms with Gasteiger partial charge in [-0.2, -0.15) is 0 Å². The summed E-state index contributed by atoms with van der Waals surface area (Å²) in [4.78, 5) is 43.9. The monoisotopic (exact) mass is 398 g/mol. The molecule has 29 heavy (non-hydrogen) atoms. The molecule has 0 bridgehead atoms. The zero-order valence-corrected chi connectivity index (χ0v) is 17.2. The molecule has 1 saturated heterocycles. The van der Waals surface area contributed by atoms with Crippen molar-refractivity contribution in [1.82, 2.24) is 24.6 Å². The first-order valence-corrected chi connectivity index (χ1v) is 9.55. The number of hydrogen-bond acceptors (Lipinski definition) is 5. The van der Waals surface area contributed by atoms with Gasteiger partial charge in [-0.3, -0.25) is 19.7 Å². The van der Waals surface area contributed by atoms with Crippen LogP contribution in [0.25, 0.3) is 0 Å². The highest BCUT2D eigenvalue weighted by Gasteiger charge is 2.34. The minimum Gasteiger partial charge on any atom is -0.347 e. The van der Waals surface area contributed by atoms with Crippen molar-refractivity contribution < 1.29 is 14.4 Å². The smallest absolute Gasteiger partial charge is 0.316 e. The van der Waals surface area contributed by atoms with E-state index < -0.39 is 11.8 Å². The number of benzene rings is 1. The molecule has 9 heteroatoms. The molecule has 1 aromatic heterocycles. The first kappa shape index (κ1) is 20.5. The summed E-state index contributed by atoms with van der Waals surface area (Å²) < 4.78 is 1.32. The number of rotatable bonds is 4. The highest BCUT2D eigenvalue weighted by Crippen LogP contribution is 2.32. The Balaban J connectivity index is 1.66. The molecule has 0 saturated carbocycles. The molecule has 0 aliphatic carbocycles. The standard InChI is InChI=1S/C20H26N6O3/c1-13-7-8-15(10-14(13)2)16-6-5-9-26(16)19(29)18(28)22-20-21-12-25(23-20)11-17(27)24(3)4/h7-8,10,12,16H,5-6,9,11H2,1-4H3,(H,22,23,28)/t16-/m0/s1. The van der Waals surface area contributed by atoms with Crippen molar-refractivity contribution in [3.05, 3.63) is 41.2 Å². The number of carbonyl (C=O) groups is 3. The Bertz CT molecular complexity index is 936. The molecule has 0 unspecified atom stereocenters. The summed E-state index contributed by atoms with van der Waals surface area (Å²) >= 11 is 0. The predicted molar refractivity (Wildman–Crippen MR) is 107 cm³/mol. The van der Waals surface area contributed by atoms with Gasteiger partial charge < -0.3 is 9.80 Å². The van der Waals surface area contributed by atoms with Crippen LogP contribution in [0.4, 0.5) is 5.95 Å². The van der Waals surface area contributed by atoms with Crippen molar-refractivity contribution in [2.24, 2.45) is 0 Å². The number of amides is 3. The van der Waals surface area contributed by atoms with E-state index in [1.165, 1.54) is 21.5 Å². The quantitative estimate of drug-likeness (QED) is 0.782. The minimum absolute atomic E-state index is 0.00293. The topological polar surface area (TPSA) is 100 Å². The van der Waals surface area contributed by atoms with E-state index in [1.807, 2.05) is 26.0 Å². The number of likely N-dealkylation sites (N-methyl/N-ethyl adjacent to an activating group) is 1. The van der Waals surface area contributed by atoms with Gasteiger partial charge in [-0.05, 0) is 43.4 Å². The van der Waals surface area contributed by atoms with E-state index in [1.54, 1.807) is 19.0 Å². The number of likely N-dealkylation sites (tertiary alicyclic amines) is 1. The number of hydrogen-bond donors (Lipinski definition) is 1. The maximum atomic E-state index is 12.7. The lowest BCUT2D eigenvalue weighted by molar-refractivity contribution is -0.143. The van der Waals surface area contributed by atoms with Gasteiger partial charge >= 0.3 is 11.8 Å². The van der Waals surface area contributed by atoms with Crippen molar-refractivity contribution >= 4 is 23.7 Å². The fourth-order valence-electron chi connectivity index (χ4n) is 3.32. The number of nitrogens with zero attached hydrogens (tertiary/aromatic N) is 5. The Labute approximate surface area is 169 Å². The van der Waals surface area contributed by atoms with Gasteiger partial charge in [-0.1, -0.05) is 18.2 Å². The van der Waals surface area contributed by atoms with Gasteiger partial charge in [0.1, 0.15) is 12.9 Å². The number of nitrogens with one attached hydrogen (secondary N) is 1. The highest BCUT2D eigenvalue weighted by atomic mass is 16.2. The van der Waals surface area contributed by atoms with Crippen LogP contribution in [0, 0.1) is 13.8 Å². The van der Waals surface area contributed by atoms with E-state index in [-0.39, 0.29) is 24.4 Å². The van der Waals surface area contributed by atoms with Crippen LogP contribution in [-0.2, 0) is 20.9 Å². The summed E-state index contributed by atoms with van der Waals surface area (Å²) in [5.41, 5.74) is 3.39. The number of carbonyl (C=O) groups excluding carboxylic acids is 3. The molecule has 1 aliphatic rings. The van der Waals surface area contributed by atoms with Crippen LogP contribution in [0.3, 0.4) is 0 Å². The molecule has 9 nitrogen and oxygen atoms in total. The van der Waals surface area contributed by atoms with Gasteiger partial charge in [0.25, 0.3) is 0 Å². The molecular weight excluding hydrogens is 372 g/mol. The lowest BCUT2D eigenvalue weighted by Crippen LogP contribution is -2.39. The molecular formula is C20H26N6O3. The summed E-state index contributed by atoms with van der Waals surface area (Å²) in [5, 5.41) is 6.47. The zero-order valence-electron chi connectivity index (χ0n) is 17.2. The van der Waals surface area contributed by atoms with Crippen molar-refractivity contribution in [3.63, 3.8) is 0 Å². The zero-order chi connectivity index (χ0) is 21.1.